The molecule has 0 spiro atoms. The van der Waals surface area contributed by atoms with E-state index in [9.17, 15) is 17.8 Å². The van der Waals surface area contributed by atoms with Gasteiger partial charge in [0.05, 0.1) is 5.25 Å². The van der Waals surface area contributed by atoms with Crippen molar-refractivity contribution in [2.75, 3.05) is 0 Å². The fraction of sp³-hybridized carbons (Fsp3) is 0.944. The van der Waals surface area contributed by atoms with E-state index in [-0.39, 0.29) is 6.42 Å². The Kier molecular flexibility index (Phi) is 13.3. The summed E-state index contributed by atoms with van der Waals surface area (Å²) in [4.78, 5) is 11.8. The first kappa shape index (κ1) is 23.4. The van der Waals surface area contributed by atoms with Crippen molar-refractivity contribution in [3.63, 3.8) is 0 Å². The summed E-state index contributed by atoms with van der Waals surface area (Å²) in [5, 5.41) is -1.14. The number of carbonyl (C=O) groups is 1. The SMILES string of the molecule is CCCCCCCCCCCC(=O)OC(CC)C(CC)S(=O)(=O)[O-]. The summed E-state index contributed by atoms with van der Waals surface area (Å²) in [5.41, 5.74) is 0. The minimum atomic E-state index is -4.44. The molecule has 0 saturated heterocycles. The molecule has 2 unspecified atom stereocenters. The van der Waals surface area contributed by atoms with Gasteiger partial charge in [0.25, 0.3) is 0 Å². The van der Waals surface area contributed by atoms with Gasteiger partial charge >= 0.3 is 5.97 Å². The number of carbonyl (C=O) groups excluding carboxylic acids is 1. The summed E-state index contributed by atoms with van der Waals surface area (Å²) in [5.74, 6) is -0.396. The number of rotatable bonds is 15. The van der Waals surface area contributed by atoms with Crippen LogP contribution in [0.5, 0.6) is 0 Å². The van der Waals surface area contributed by atoms with Crippen LogP contribution in [-0.2, 0) is 19.6 Å². The quantitative estimate of drug-likeness (QED) is 0.242. The van der Waals surface area contributed by atoms with Gasteiger partial charge in [-0.3, -0.25) is 4.79 Å². The Bertz CT molecular complexity index is 419. The average molecular weight is 364 g/mol. The molecule has 6 heteroatoms. The van der Waals surface area contributed by atoms with E-state index in [1.54, 1.807) is 13.8 Å². The average Bonchev–Trinajstić information content (AvgIpc) is 2.51. The molecule has 0 aliphatic carbocycles. The Morgan fingerprint density at radius 1 is 0.875 bits per heavy atom. The van der Waals surface area contributed by atoms with Gasteiger partial charge in [0.15, 0.2) is 0 Å². The topological polar surface area (TPSA) is 83.5 Å². The van der Waals surface area contributed by atoms with Gasteiger partial charge in [0, 0.05) is 6.42 Å². The molecule has 24 heavy (non-hydrogen) atoms. The van der Waals surface area contributed by atoms with Crippen molar-refractivity contribution in [3.05, 3.63) is 0 Å². The van der Waals surface area contributed by atoms with Crippen LogP contribution in [0.4, 0.5) is 0 Å². The van der Waals surface area contributed by atoms with Crippen molar-refractivity contribution in [2.45, 2.75) is 109 Å². The number of esters is 1. The van der Waals surface area contributed by atoms with Crippen LogP contribution in [0.2, 0.25) is 0 Å². The number of unbranched alkanes of at least 4 members (excludes halogenated alkanes) is 8. The minimum Gasteiger partial charge on any atom is -0.748 e. The van der Waals surface area contributed by atoms with Gasteiger partial charge in [-0.05, 0) is 19.3 Å². The smallest absolute Gasteiger partial charge is 0.306 e. The Morgan fingerprint density at radius 3 is 1.79 bits per heavy atom. The van der Waals surface area contributed by atoms with Crippen molar-refractivity contribution >= 4 is 16.1 Å². The summed E-state index contributed by atoms with van der Waals surface area (Å²) >= 11 is 0. The molecule has 0 rings (SSSR count). The normalized spacial score (nSPS) is 14.3. The summed E-state index contributed by atoms with van der Waals surface area (Å²) in [6.45, 7) is 5.55. The van der Waals surface area contributed by atoms with Crippen LogP contribution < -0.4 is 0 Å². The van der Waals surface area contributed by atoms with E-state index in [0.29, 0.717) is 12.8 Å². The standard InChI is InChI=1S/C18H36O5S/c1-4-7-8-9-10-11-12-13-14-15-18(19)23-16(5-2)17(6-3)24(20,21)22/h16-17H,4-15H2,1-3H3,(H,20,21,22)/p-1. The molecular formula is C18H35O5S-. The van der Waals surface area contributed by atoms with Crippen LogP contribution in [0.1, 0.15) is 97.8 Å². The molecular weight excluding hydrogens is 328 g/mol. The second kappa shape index (κ2) is 13.6. The molecule has 0 aliphatic heterocycles. The molecule has 0 N–H and O–H groups in total. The Balaban J connectivity index is 3.91. The fourth-order valence-corrected chi connectivity index (χ4v) is 3.91. The molecule has 0 saturated carbocycles. The van der Waals surface area contributed by atoms with E-state index >= 15 is 0 Å². The largest absolute Gasteiger partial charge is 0.748 e. The van der Waals surface area contributed by atoms with Crippen LogP contribution in [0, 0.1) is 0 Å². The lowest BCUT2D eigenvalue weighted by atomic mass is 10.1. The van der Waals surface area contributed by atoms with Gasteiger partial charge in [0.1, 0.15) is 16.2 Å². The summed E-state index contributed by atoms with van der Waals surface area (Å²) in [6.07, 6.45) is 10.4. The van der Waals surface area contributed by atoms with Crippen molar-refractivity contribution in [1.82, 2.24) is 0 Å². The second-order valence-corrected chi connectivity index (χ2v) is 8.05. The van der Waals surface area contributed by atoms with Gasteiger partial charge in [-0.1, -0.05) is 72.1 Å². The van der Waals surface area contributed by atoms with Gasteiger partial charge < -0.3 is 9.29 Å². The molecule has 0 radical (unpaired) electrons. The van der Waals surface area contributed by atoms with Crippen molar-refractivity contribution in [3.8, 4) is 0 Å². The van der Waals surface area contributed by atoms with Crippen molar-refractivity contribution < 1.29 is 22.5 Å². The van der Waals surface area contributed by atoms with Crippen LogP contribution >= 0.6 is 0 Å². The fourth-order valence-electron chi connectivity index (χ4n) is 2.88. The summed E-state index contributed by atoms with van der Waals surface area (Å²) < 4.78 is 38.9. The molecule has 0 aliphatic rings. The highest BCUT2D eigenvalue weighted by Crippen LogP contribution is 2.17. The lowest BCUT2D eigenvalue weighted by Gasteiger charge is -2.27. The molecule has 2 atom stereocenters. The zero-order chi connectivity index (χ0) is 18.4. The zero-order valence-electron chi connectivity index (χ0n) is 15.6. The predicted molar refractivity (Wildman–Crippen MR) is 95.8 cm³/mol. The Hall–Kier alpha value is -0.620. The lowest BCUT2D eigenvalue weighted by molar-refractivity contribution is -0.149. The molecule has 0 bridgehead atoms. The number of hydrogen-bond donors (Lipinski definition) is 0. The third-order valence-electron chi connectivity index (χ3n) is 4.36. The van der Waals surface area contributed by atoms with Crippen molar-refractivity contribution in [2.24, 2.45) is 0 Å². The van der Waals surface area contributed by atoms with Crippen LogP contribution in [-0.4, -0.2) is 30.3 Å². The van der Waals surface area contributed by atoms with E-state index in [0.717, 1.165) is 19.3 Å². The number of hydrogen-bond acceptors (Lipinski definition) is 5. The van der Waals surface area contributed by atoms with Gasteiger partial charge in [-0.2, -0.15) is 0 Å². The second-order valence-electron chi connectivity index (χ2n) is 6.45. The summed E-state index contributed by atoms with van der Waals surface area (Å²) in [6, 6.07) is 0. The molecule has 144 valence electrons. The zero-order valence-corrected chi connectivity index (χ0v) is 16.4. The molecule has 0 aromatic heterocycles. The van der Waals surface area contributed by atoms with E-state index in [4.69, 9.17) is 4.74 Å². The highest BCUT2D eigenvalue weighted by Gasteiger charge is 2.27. The van der Waals surface area contributed by atoms with Gasteiger partial charge in [-0.15, -0.1) is 0 Å². The Morgan fingerprint density at radius 2 is 1.38 bits per heavy atom. The first-order valence-electron chi connectivity index (χ1n) is 9.50. The van der Waals surface area contributed by atoms with Crippen LogP contribution in [0.25, 0.3) is 0 Å². The first-order valence-corrected chi connectivity index (χ1v) is 11.0. The van der Waals surface area contributed by atoms with Gasteiger partial charge in [-0.25, -0.2) is 8.42 Å². The summed E-state index contributed by atoms with van der Waals surface area (Å²) in [7, 11) is -4.44. The predicted octanol–water partition coefficient (Wildman–Crippen LogP) is 4.55. The highest BCUT2D eigenvalue weighted by molar-refractivity contribution is 7.86. The van der Waals surface area contributed by atoms with Crippen molar-refractivity contribution in [1.29, 1.82) is 0 Å². The molecule has 0 heterocycles. The third kappa shape index (κ3) is 11.0. The van der Waals surface area contributed by atoms with Gasteiger partial charge in [0.2, 0.25) is 0 Å². The van der Waals surface area contributed by atoms with Crippen LogP contribution in [0.3, 0.4) is 0 Å². The third-order valence-corrected chi connectivity index (χ3v) is 5.74. The molecule has 0 aromatic rings. The monoisotopic (exact) mass is 363 g/mol. The lowest BCUT2D eigenvalue weighted by Crippen LogP contribution is -2.36. The molecule has 0 amide bonds. The van der Waals surface area contributed by atoms with E-state index in [2.05, 4.69) is 6.92 Å². The maximum absolute atomic E-state index is 11.8. The molecule has 0 aromatic carbocycles. The van der Waals surface area contributed by atoms with E-state index < -0.39 is 27.4 Å². The molecule has 0 fully saturated rings. The first-order chi connectivity index (χ1) is 11.4. The maximum atomic E-state index is 11.8. The number of ether oxygens (including phenoxy) is 1. The Labute approximate surface area is 148 Å². The highest BCUT2D eigenvalue weighted by atomic mass is 32.2. The van der Waals surface area contributed by atoms with E-state index in [1.807, 2.05) is 0 Å². The maximum Gasteiger partial charge on any atom is 0.306 e. The minimum absolute atomic E-state index is 0.162. The van der Waals surface area contributed by atoms with E-state index in [1.165, 1.54) is 38.5 Å². The van der Waals surface area contributed by atoms with Crippen LogP contribution in [0.15, 0.2) is 0 Å². The molecule has 5 nitrogen and oxygen atoms in total.